The van der Waals surface area contributed by atoms with Crippen molar-refractivity contribution in [3.63, 3.8) is 0 Å². The zero-order valence-electron chi connectivity index (χ0n) is 16.0. The Balaban J connectivity index is 1.66. The number of oxazole rings is 1. The zero-order valence-corrected chi connectivity index (χ0v) is 16.9. The summed E-state index contributed by atoms with van der Waals surface area (Å²) in [6, 6.07) is 4.07. The first-order chi connectivity index (χ1) is 13.1. The normalized spacial score (nSPS) is 18.8. The number of fused-ring (bicyclic) bond motifs is 1. The molecule has 1 aliphatic rings. The number of carbonyl (C=O) groups is 1. The summed E-state index contributed by atoms with van der Waals surface area (Å²) in [6.07, 6.45) is 1.29. The van der Waals surface area contributed by atoms with E-state index in [2.05, 4.69) is 4.98 Å². The van der Waals surface area contributed by atoms with Crippen molar-refractivity contribution in [2.24, 2.45) is 5.92 Å². The van der Waals surface area contributed by atoms with Crippen molar-refractivity contribution in [3.05, 3.63) is 28.3 Å². The van der Waals surface area contributed by atoms with Gasteiger partial charge in [-0.3, -0.25) is 10.1 Å². The molecule has 0 bridgehead atoms. The molecule has 0 radical (unpaired) electrons. The lowest BCUT2D eigenvalue weighted by Gasteiger charge is -2.33. The first kappa shape index (κ1) is 20.2. The van der Waals surface area contributed by atoms with Crippen molar-refractivity contribution in [2.75, 3.05) is 18.8 Å². The molecule has 2 atom stereocenters. The van der Waals surface area contributed by atoms with E-state index in [1.165, 1.54) is 18.2 Å². The average molecular weight is 409 g/mol. The first-order valence-electron chi connectivity index (χ1n) is 9.03. The third-order valence-corrected chi connectivity index (χ3v) is 5.65. The Morgan fingerprint density at radius 3 is 2.89 bits per heavy atom. The maximum absolute atomic E-state index is 12.7. The fourth-order valence-electron chi connectivity index (χ4n) is 3.08. The molecule has 0 unspecified atom stereocenters. The van der Waals surface area contributed by atoms with Crippen molar-refractivity contribution in [1.29, 1.82) is 0 Å². The molecule has 28 heavy (non-hydrogen) atoms. The number of hydrogen-bond acceptors (Lipinski definition) is 7. The predicted molar refractivity (Wildman–Crippen MR) is 102 cm³/mol. The molecule has 152 valence electrons. The minimum atomic E-state index is -1.50. The Hall–Kier alpha value is -2.49. The van der Waals surface area contributed by atoms with Crippen LogP contribution in [0, 0.1) is 16.0 Å². The standard InChI is InChI=1S/C18H23N3O6S/c1-18(2,3)27-17(22)20-8-4-5-12(10-20)11-28(25)16-19-14-9-13(21(23)24)6-7-15(14)26-16/h6-7,9,12H,4-5,8,10-11H2,1-3H3/t12-,28-/m1/s1. The van der Waals surface area contributed by atoms with Crippen LogP contribution in [0.15, 0.2) is 27.8 Å². The van der Waals surface area contributed by atoms with Crippen molar-refractivity contribution in [2.45, 2.75) is 44.4 Å². The summed E-state index contributed by atoms with van der Waals surface area (Å²) in [5.41, 5.74) is -0.00355. The Morgan fingerprint density at radius 1 is 1.46 bits per heavy atom. The van der Waals surface area contributed by atoms with E-state index in [0.717, 1.165) is 12.8 Å². The Morgan fingerprint density at radius 2 is 2.21 bits per heavy atom. The Bertz CT molecular complexity index is 920. The summed E-state index contributed by atoms with van der Waals surface area (Å²) in [5, 5.41) is 10.9. The zero-order chi connectivity index (χ0) is 20.5. The highest BCUT2D eigenvalue weighted by Crippen LogP contribution is 2.25. The molecule has 10 heteroatoms. The summed E-state index contributed by atoms with van der Waals surface area (Å²) in [6.45, 7) is 6.54. The predicted octanol–water partition coefficient (Wildman–Crippen LogP) is 3.49. The van der Waals surface area contributed by atoms with Gasteiger partial charge in [0, 0.05) is 31.0 Å². The number of nitro benzene ring substituents is 1. The largest absolute Gasteiger partial charge is 0.444 e. The van der Waals surface area contributed by atoms with E-state index in [1.807, 2.05) is 20.8 Å². The van der Waals surface area contributed by atoms with Crippen LogP contribution in [0.4, 0.5) is 10.5 Å². The molecule has 1 amide bonds. The molecule has 2 heterocycles. The van der Waals surface area contributed by atoms with E-state index >= 15 is 0 Å². The van der Waals surface area contributed by atoms with Crippen LogP contribution in [0.3, 0.4) is 0 Å². The Labute approximate surface area is 164 Å². The van der Waals surface area contributed by atoms with E-state index in [1.54, 1.807) is 4.90 Å². The monoisotopic (exact) mass is 409 g/mol. The van der Waals surface area contributed by atoms with Crippen LogP contribution in [0.1, 0.15) is 33.6 Å². The maximum atomic E-state index is 12.7. The maximum Gasteiger partial charge on any atom is 0.410 e. The second kappa shape index (κ2) is 7.86. The Kier molecular flexibility index (Phi) is 5.69. The number of carbonyl (C=O) groups excluding carboxylic acids is 1. The molecule has 9 nitrogen and oxygen atoms in total. The van der Waals surface area contributed by atoms with Crippen molar-refractivity contribution < 1.29 is 23.1 Å². The van der Waals surface area contributed by atoms with Crippen LogP contribution in [0.25, 0.3) is 11.1 Å². The number of benzene rings is 1. The van der Waals surface area contributed by atoms with Crippen LogP contribution >= 0.6 is 0 Å². The molecule has 0 aliphatic carbocycles. The fraction of sp³-hybridized carbons (Fsp3) is 0.556. The number of amides is 1. The minimum absolute atomic E-state index is 0.0338. The van der Waals surface area contributed by atoms with Gasteiger partial charge in [-0.15, -0.1) is 0 Å². The average Bonchev–Trinajstić information content (AvgIpc) is 3.04. The summed E-state index contributed by atoms with van der Waals surface area (Å²) >= 11 is 0. The number of ether oxygens (including phenoxy) is 1. The second-order valence-corrected chi connectivity index (χ2v) is 9.21. The number of hydrogen-bond donors (Lipinski definition) is 0. The molecule has 0 spiro atoms. The van der Waals surface area contributed by atoms with Gasteiger partial charge >= 0.3 is 6.09 Å². The number of nitro groups is 1. The summed E-state index contributed by atoms with van der Waals surface area (Å²) in [4.78, 5) is 28.4. The molecule has 1 aromatic carbocycles. The molecule has 0 saturated carbocycles. The number of aromatic nitrogens is 1. The van der Waals surface area contributed by atoms with Crippen molar-refractivity contribution in [3.8, 4) is 0 Å². The van der Waals surface area contributed by atoms with Gasteiger partial charge in [0.2, 0.25) is 0 Å². The molecular weight excluding hydrogens is 386 g/mol. The van der Waals surface area contributed by atoms with Crippen LogP contribution < -0.4 is 0 Å². The van der Waals surface area contributed by atoms with E-state index in [-0.39, 0.29) is 22.9 Å². The third-order valence-electron chi connectivity index (χ3n) is 4.31. The quantitative estimate of drug-likeness (QED) is 0.560. The van der Waals surface area contributed by atoms with Gasteiger partial charge in [0.25, 0.3) is 10.9 Å². The lowest BCUT2D eigenvalue weighted by atomic mass is 10.0. The highest BCUT2D eigenvalue weighted by Gasteiger charge is 2.29. The highest BCUT2D eigenvalue weighted by atomic mass is 32.2. The van der Waals surface area contributed by atoms with Crippen LogP contribution in [-0.2, 0) is 15.5 Å². The smallest absolute Gasteiger partial charge is 0.410 e. The lowest BCUT2D eigenvalue weighted by Crippen LogP contribution is -2.43. The summed E-state index contributed by atoms with van der Waals surface area (Å²) in [7, 11) is -1.50. The van der Waals surface area contributed by atoms with Crippen molar-refractivity contribution in [1.82, 2.24) is 9.88 Å². The highest BCUT2D eigenvalue weighted by molar-refractivity contribution is 7.84. The van der Waals surface area contributed by atoms with E-state index in [9.17, 15) is 19.1 Å². The molecule has 3 rings (SSSR count). The van der Waals surface area contributed by atoms with E-state index in [0.29, 0.717) is 29.9 Å². The van der Waals surface area contributed by atoms with Crippen LogP contribution in [-0.4, -0.2) is 49.6 Å². The number of rotatable bonds is 4. The van der Waals surface area contributed by atoms with Gasteiger partial charge in [0.15, 0.2) is 5.58 Å². The first-order valence-corrected chi connectivity index (χ1v) is 10.4. The summed E-state index contributed by atoms with van der Waals surface area (Å²) < 4.78 is 23.6. The lowest BCUT2D eigenvalue weighted by molar-refractivity contribution is -0.384. The van der Waals surface area contributed by atoms with Gasteiger partial charge in [0.1, 0.15) is 21.9 Å². The van der Waals surface area contributed by atoms with Gasteiger partial charge in [-0.25, -0.2) is 14.0 Å². The molecular formula is C18H23N3O6S. The molecule has 1 fully saturated rings. The SMILES string of the molecule is CC(C)(C)OC(=O)N1CCC[C@@H](C[S@@](=O)c2nc3cc([N+](=O)[O-])ccc3o2)C1. The fourth-order valence-corrected chi connectivity index (χ4v) is 4.31. The number of nitrogens with zero attached hydrogens (tertiary/aromatic N) is 3. The van der Waals surface area contributed by atoms with Gasteiger partial charge in [0.05, 0.1) is 4.92 Å². The van der Waals surface area contributed by atoms with E-state index < -0.39 is 21.3 Å². The van der Waals surface area contributed by atoms with Crippen LogP contribution in [0.2, 0.25) is 0 Å². The third kappa shape index (κ3) is 4.86. The minimum Gasteiger partial charge on any atom is -0.444 e. The summed E-state index contributed by atoms with van der Waals surface area (Å²) in [5.74, 6) is 0.334. The van der Waals surface area contributed by atoms with Gasteiger partial charge in [-0.2, -0.15) is 0 Å². The molecule has 1 saturated heterocycles. The number of likely N-dealkylation sites (tertiary alicyclic amines) is 1. The topological polar surface area (TPSA) is 116 Å². The van der Waals surface area contributed by atoms with Gasteiger partial charge in [-0.1, -0.05) is 0 Å². The van der Waals surface area contributed by atoms with Crippen LogP contribution in [0.5, 0.6) is 0 Å². The molecule has 1 aliphatic heterocycles. The number of piperidine rings is 1. The second-order valence-electron chi connectivity index (χ2n) is 7.84. The molecule has 1 aromatic heterocycles. The van der Waals surface area contributed by atoms with Gasteiger partial charge < -0.3 is 14.1 Å². The molecule has 2 aromatic rings. The van der Waals surface area contributed by atoms with Gasteiger partial charge in [-0.05, 0) is 45.6 Å². The molecule has 0 N–H and O–H groups in total. The van der Waals surface area contributed by atoms with Crippen molar-refractivity contribution >= 4 is 33.7 Å². The number of non-ortho nitro benzene ring substituents is 1. The van der Waals surface area contributed by atoms with E-state index in [4.69, 9.17) is 9.15 Å².